The summed E-state index contributed by atoms with van der Waals surface area (Å²) in [4.78, 5) is 12.1. The number of rotatable bonds is 7. The Morgan fingerprint density at radius 3 is 2.33 bits per heavy atom. The van der Waals surface area contributed by atoms with E-state index in [0.717, 1.165) is 12.2 Å². The lowest BCUT2D eigenvalue weighted by molar-refractivity contribution is 0.0943. The Balaban J connectivity index is 2.36. The number of amides is 1. The molecule has 0 aliphatic carbocycles. The molecule has 0 aliphatic heterocycles. The molecule has 0 unspecified atom stereocenters. The molecule has 1 amide bonds. The van der Waals surface area contributed by atoms with E-state index in [1.165, 1.54) is 19.3 Å². The van der Waals surface area contributed by atoms with E-state index in [0.29, 0.717) is 17.3 Å². The highest BCUT2D eigenvalue weighted by Crippen LogP contribution is 2.13. The van der Waals surface area contributed by atoms with Crippen molar-refractivity contribution in [2.24, 2.45) is 0 Å². The van der Waals surface area contributed by atoms with Gasteiger partial charge in [0.25, 0.3) is 5.91 Å². The van der Waals surface area contributed by atoms with Crippen LogP contribution in [0.3, 0.4) is 0 Å². The fourth-order valence-electron chi connectivity index (χ4n) is 1.98. The lowest BCUT2D eigenvalue weighted by atomic mass is 10.1. The highest BCUT2D eigenvalue weighted by molar-refractivity contribution is 7.80. The third kappa shape index (κ3) is 8.72. The maximum Gasteiger partial charge on any atom is 0.269 e. The van der Waals surface area contributed by atoms with Gasteiger partial charge in [0.05, 0.1) is 6.61 Å². The van der Waals surface area contributed by atoms with Gasteiger partial charge in [0.15, 0.2) is 5.11 Å². The van der Waals surface area contributed by atoms with Crippen molar-refractivity contribution in [2.45, 2.75) is 58.9 Å². The Labute approximate surface area is 150 Å². The van der Waals surface area contributed by atoms with Crippen LogP contribution in [0.25, 0.3) is 0 Å². The maximum absolute atomic E-state index is 12.1. The molecule has 1 aromatic rings. The second-order valence-electron chi connectivity index (χ2n) is 6.72. The van der Waals surface area contributed by atoms with Gasteiger partial charge in [0, 0.05) is 11.1 Å². The summed E-state index contributed by atoms with van der Waals surface area (Å²) in [5.74, 6) is 0.531. The first-order chi connectivity index (χ1) is 11.3. The highest BCUT2D eigenvalue weighted by Gasteiger charge is 2.12. The molecule has 0 saturated carbocycles. The molecule has 3 N–H and O–H groups in total. The second kappa shape index (κ2) is 10.1. The molecule has 24 heavy (non-hydrogen) atoms. The predicted octanol–water partition coefficient (Wildman–Crippen LogP) is 3.55. The SMILES string of the molecule is CCCCCCOc1ccc(C(=O)NNC(=S)NC(C)(C)C)cc1. The quantitative estimate of drug-likeness (QED) is 0.398. The maximum atomic E-state index is 12.1. The first kappa shape index (κ1) is 20.2. The van der Waals surface area contributed by atoms with Gasteiger partial charge < -0.3 is 10.1 Å². The van der Waals surface area contributed by atoms with Crippen molar-refractivity contribution in [3.8, 4) is 5.75 Å². The number of nitrogens with one attached hydrogen (secondary N) is 3. The minimum Gasteiger partial charge on any atom is -0.494 e. The first-order valence-electron chi connectivity index (χ1n) is 8.43. The zero-order chi connectivity index (χ0) is 18.0. The molecule has 5 nitrogen and oxygen atoms in total. The van der Waals surface area contributed by atoms with Crippen molar-refractivity contribution in [2.75, 3.05) is 6.61 Å². The smallest absolute Gasteiger partial charge is 0.269 e. The van der Waals surface area contributed by atoms with Gasteiger partial charge in [-0.05, 0) is 63.7 Å². The van der Waals surface area contributed by atoms with Crippen molar-refractivity contribution in [1.29, 1.82) is 0 Å². The zero-order valence-electron chi connectivity index (χ0n) is 15.1. The van der Waals surface area contributed by atoms with Crippen LogP contribution in [0.4, 0.5) is 0 Å². The summed E-state index contributed by atoms with van der Waals surface area (Å²) >= 11 is 5.11. The fourth-order valence-corrected chi connectivity index (χ4v) is 2.34. The highest BCUT2D eigenvalue weighted by atomic mass is 32.1. The Morgan fingerprint density at radius 2 is 1.75 bits per heavy atom. The van der Waals surface area contributed by atoms with Gasteiger partial charge in [-0.2, -0.15) is 0 Å². The Bertz CT molecular complexity index is 524. The molecule has 0 radical (unpaired) electrons. The van der Waals surface area contributed by atoms with Gasteiger partial charge in [-0.25, -0.2) is 0 Å². The summed E-state index contributed by atoms with van der Waals surface area (Å²) in [5, 5.41) is 3.44. The molecule has 0 aromatic heterocycles. The van der Waals surface area contributed by atoms with Crippen LogP contribution in [-0.2, 0) is 0 Å². The van der Waals surface area contributed by atoms with E-state index >= 15 is 0 Å². The largest absolute Gasteiger partial charge is 0.494 e. The molecule has 0 bridgehead atoms. The molecule has 0 aliphatic rings. The lowest BCUT2D eigenvalue weighted by Gasteiger charge is -2.23. The Hall–Kier alpha value is -1.82. The number of unbranched alkanes of at least 4 members (excludes halogenated alkanes) is 3. The van der Waals surface area contributed by atoms with Crippen LogP contribution in [0.1, 0.15) is 63.7 Å². The van der Waals surface area contributed by atoms with Gasteiger partial charge in [-0.3, -0.25) is 15.6 Å². The monoisotopic (exact) mass is 351 g/mol. The Kier molecular flexibility index (Phi) is 8.54. The number of carbonyl (C=O) groups excluding carboxylic acids is 1. The van der Waals surface area contributed by atoms with Crippen LogP contribution >= 0.6 is 12.2 Å². The number of hydrogen-bond acceptors (Lipinski definition) is 3. The standard InChI is InChI=1S/C18H29N3O2S/c1-5-6-7-8-13-23-15-11-9-14(10-12-15)16(22)20-21-17(24)19-18(2,3)4/h9-12H,5-8,13H2,1-4H3,(H,20,22)(H2,19,21,24). The molecular weight excluding hydrogens is 322 g/mol. The fraction of sp³-hybridized carbons (Fsp3) is 0.556. The van der Waals surface area contributed by atoms with Gasteiger partial charge in [-0.1, -0.05) is 26.2 Å². The number of ether oxygens (including phenoxy) is 1. The number of carbonyl (C=O) groups is 1. The van der Waals surface area contributed by atoms with E-state index in [9.17, 15) is 4.79 Å². The van der Waals surface area contributed by atoms with E-state index in [-0.39, 0.29) is 11.4 Å². The molecule has 1 aromatic carbocycles. The molecule has 0 atom stereocenters. The van der Waals surface area contributed by atoms with E-state index < -0.39 is 0 Å². The molecule has 1 rings (SSSR count). The topological polar surface area (TPSA) is 62.4 Å². The van der Waals surface area contributed by atoms with Crippen LogP contribution < -0.4 is 20.9 Å². The zero-order valence-corrected chi connectivity index (χ0v) is 15.9. The minimum atomic E-state index is -0.248. The second-order valence-corrected chi connectivity index (χ2v) is 7.12. The molecule has 0 heterocycles. The van der Waals surface area contributed by atoms with Gasteiger partial charge in [0.2, 0.25) is 0 Å². The van der Waals surface area contributed by atoms with E-state index in [2.05, 4.69) is 23.1 Å². The van der Waals surface area contributed by atoms with Crippen molar-refractivity contribution < 1.29 is 9.53 Å². The Morgan fingerprint density at radius 1 is 1.08 bits per heavy atom. The normalized spacial score (nSPS) is 10.8. The van der Waals surface area contributed by atoms with Gasteiger partial charge in [-0.15, -0.1) is 0 Å². The summed E-state index contributed by atoms with van der Waals surface area (Å²) in [6.07, 6.45) is 4.69. The van der Waals surface area contributed by atoms with Crippen LogP contribution in [0, 0.1) is 0 Å². The number of hydrazine groups is 1. The average molecular weight is 352 g/mol. The summed E-state index contributed by atoms with van der Waals surface area (Å²) in [6.45, 7) is 8.86. The van der Waals surface area contributed by atoms with E-state index in [1.807, 2.05) is 20.8 Å². The summed E-state index contributed by atoms with van der Waals surface area (Å²) in [5.41, 5.74) is 5.65. The molecule has 0 saturated heterocycles. The van der Waals surface area contributed by atoms with Crippen LogP contribution in [0.2, 0.25) is 0 Å². The summed E-state index contributed by atoms with van der Waals surface area (Å²) in [7, 11) is 0. The average Bonchev–Trinajstić information content (AvgIpc) is 2.51. The van der Waals surface area contributed by atoms with Crippen molar-refractivity contribution in [1.82, 2.24) is 16.2 Å². The summed E-state index contributed by atoms with van der Waals surface area (Å²) < 4.78 is 5.66. The van der Waals surface area contributed by atoms with Crippen LogP contribution in [-0.4, -0.2) is 23.2 Å². The molecule has 6 heteroatoms. The third-order valence-electron chi connectivity index (χ3n) is 3.16. The number of thiocarbonyl (C=S) groups is 1. The molecular formula is C18H29N3O2S. The first-order valence-corrected chi connectivity index (χ1v) is 8.84. The van der Waals surface area contributed by atoms with Crippen LogP contribution in [0.5, 0.6) is 5.75 Å². The van der Waals surface area contributed by atoms with Crippen molar-refractivity contribution in [3.63, 3.8) is 0 Å². The molecule has 0 spiro atoms. The lowest BCUT2D eigenvalue weighted by Crippen LogP contribution is -2.52. The van der Waals surface area contributed by atoms with Crippen molar-refractivity contribution >= 4 is 23.2 Å². The van der Waals surface area contributed by atoms with Gasteiger partial charge >= 0.3 is 0 Å². The van der Waals surface area contributed by atoms with Crippen LogP contribution in [0.15, 0.2) is 24.3 Å². The third-order valence-corrected chi connectivity index (χ3v) is 3.37. The minimum absolute atomic E-state index is 0.162. The number of hydrogen-bond donors (Lipinski definition) is 3. The van der Waals surface area contributed by atoms with Gasteiger partial charge in [0.1, 0.15) is 5.75 Å². The predicted molar refractivity (Wildman–Crippen MR) is 102 cm³/mol. The van der Waals surface area contributed by atoms with Crippen molar-refractivity contribution in [3.05, 3.63) is 29.8 Å². The number of benzene rings is 1. The summed E-state index contributed by atoms with van der Waals surface area (Å²) in [6, 6.07) is 7.08. The van der Waals surface area contributed by atoms with E-state index in [1.54, 1.807) is 24.3 Å². The van der Waals surface area contributed by atoms with E-state index in [4.69, 9.17) is 17.0 Å². The molecule has 134 valence electrons. The molecule has 0 fully saturated rings.